The molecule has 0 aliphatic rings. The number of ether oxygens (including phenoxy) is 1. The van der Waals surface area contributed by atoms with Gasteiger partial charge in [-0.1, -0.05) is 12.1 Å². The van der Waals surface area contributed by atoms with Gasteiger partial charge in [0.2, 0.25) is 0 Å². The molecule has 0 radical (unpaired) electrons. The Balaban J connectivity index is 1.22. The summed E-state index contributed by atoms with van der Waals surface area (Å²) in [5.41, 5.74) is 4.90. The molecule has 5 aromatic rings. The van der Waals surface area contributed by atoms with Crippen molar-refractivity contribution < 1.29 is 18.4 Å². The van der Waals surface area contributed by atoms with Crippen molar-refractivity contribution in [2.45, 2.75) is 17.2 Å². The van der Waals surface area contributed by atoms with Crippen molar-refractivity contribution in [2.24, 2.45) is 5.10 Å². The first-order valence-corrected chi connectivity index (χ1v) is 10.7. The van der Waals surface area contributed by atoms with E-state index < -0.39 is 5.91 Å². The minimum atomic E-state index is -0.459. The van der Waals surface area contributed by atoms with Gasteiger partial charge in [0.15, 0.2) is 16.0 Å². The molecule has 0 atom stereocenters. The summed E-state index contributed by atoms with van der Waals surface area (Å²) in [5.74, 6) is 0.917. The van der Waals surface area contributed by atoms with Crippen LogP contribution in [0.2, 0.25) is 0 Å². The number of nitrogens with zero attached hydrogens (tertiary/aromatic N) is 2. The van der Waals surface area contributed by atoms with E-state index in [0.29, 0.717) is 23.0 Å². The minimum absolute atomic E-state index is 0.159. The largest absolute Gasteiger partial charge is 0.494 e. The van der Waals surface area contributed by atoms with E-state index in [1.165, 1.54) is 18.0 Å². The van der Waals surface area contributed by atoms with Crippen LogP contribution in [0.3, 0.4) is 0 Å². The Hall–Kier alpha value is -3.98. The van der Waals surface area contributed by atoms with Crippen LogP contribution >= 0.6 is 11.8 Å². The fourth-order valence-electron chi connectivity index (χ4n) is 3.13. The number of para-hydroxylation sites is 2. The van der Waals surface area contributed by atoms with Crippen LogP contribution in [-0.2, 0) is 0 Å². The van der Waals surface area contributed by atoms with Crippen molar-refractivity contribution >= 4 is 45.9 Å². The molecule has 2 aromatic carbocycles. The second kappa shape index (κ2) is 8.64. The molecule has 1 amide bonds. The Kier molecular flexibility index (Phi) is 5.39. The predicted octanol–water partition coefficient (Wildman–Crippen LogP) is 5.22. The summed E-state index contributed by atoms with van der Waals surface area (Å²) in [7, 11) is 0. The lowest BCUT2D eigenvalue weighted by Crippen LogP contribution is -2.16. The molecule has 32 heavy (non-hydrogen) atoms. The highest BCUT2D eigenvalue weighted by Crippen LogP contribution is 2.28. The van der Waals surface area contributed by atoms with E-state index >= 15 is 0 Å². The molecule has 160 valence electrons. The van der Waals surface area contributed by atoms with Gasteiger partial charge in [-0.15, -0.1) is 0 Å². The second-order valence-corrected chi connectivity index (χ2v) is 7.75. The first-order chi connectivity index (χ1) is 15.7. The van der Waals surface area contributed by atoms with Crippen LogP contribution in [0.4, 0.5) is 0 Å². The topological polar surface area (TPSA) is 106 Å². The fraction of sp³-hybridized carbons (Fsp3) is 0.0870. The van der Waals surface area contributed by atoms with Gasteiger partial charge in [0, 0.05) is 5.39 Å². The lowest BCUT2D eigenvalue weighted by Gasteiger charge is -2.00. The van der Waals surface area contributed by atoms with E-state index in [4.69, 9.17) is 13.6 Å². The van der Waals surface area contributed by atoms with Crippen LogP contribution in [0.25, 0.3) is 22.0 Å². The Bertz CT molecular complexity index is 1400. The van der Waals surface area contributed by atoms with Crippen LogP contribution in [0, 0.1) is 0 Å². The third-order valence-corrected chi connectivity index (χ3v) is 5.35. The molecular weight excluding hydrogens is 428 g/mol. The quantitative estimate of drug-likeness (QED) is 0.262. The SMILES string of the molecule is CCOc1ccc2oc(C(=O)N/N=C/c3ccc(Sc4nc5ccccc5[nH]4)o3)cc2c1. The highest BCUT2D eigenvalue weighted by Gasteiger charge is 2.12. The highest BCUT2D eigenvalue weighted by atomic mass is 32.2. The first kappa shape index (κ1) is 20.0. The number of fused-ring (bicyclic) bond motifs is 2. The van der Waals surface area contributed by atoms with Crippen molar-refractivity contribution in [3.63, 3.8) is 0 Å². The van der Waals surface area contributed by atoms with Gasteiger partial charge in [-0.25, -0.2) is 10.4 Å². The number of rotatable bonds is 7. The zero-order valence-corrected chi connectivity index (χ0v) is 17.8. The molecule has 2 N–H and O–H groups in total. The molecule has 3 aromatic heterocycles. The summed E-state index contributed by atoms with van der Waals surface area (Å²) in [6, 6.07) is 18.4. The van der Waals surface area contributed by atoms with Gasteiger partial charge in [0.1, 0.15) is 17.1 Å². The Morgan fingerprint density at radius 3 is 2.97 bits per heavy atom. The number of nitrogens with one attached hydrogen (secondary N) is 2. The molecule has 0 unspecified atom stereocenters. The van der Waals surface area contributed by atoms with E-state index in [1.54, 1.807) is 24.3 Å². The van der Waals surface area contributed by atoms with Crippen LogP contribution in [0.1, 0.15) is 23.2 Å². The lowest BCUT2D eigenvalue weighted by molar-refractivity contribution is 0.0929. The van der Waals surface area contributed by atoms with Gasteiger partial charge < -0.3 is 18.6 Å². The fourth-order valence-corrected chi connectivity index (χ4v) is 3.90. The van der Waals surface area contributed by atoms with Crippen molar-refractivity contribution in [2.75, 3.05) is 6.61 Å². The third-order valence-electron chi connectivity index (χ3n) is 4.55. The second-order valence-electron chi connectivity index (χ2n) is 6.76. The molecular formula is C23H18N4O4S. The van der Waals surface area contributed by atoms with E-state index in [-0.39, 0.29) is 5.76 Å². The molecule has 0 aliphatic heterocycles. The molecule has 3 heterocycles. The molecule has 0 bridgehead atoms. The zero-order valence-electron chi connectivity index (χ0n) is 17.0. The van der Waals surface area contributed by atoms with E-state index in [1.807, 2.05) is 43.3 Å². The summed E-state index contributed by atoms with van der Waals surface area (Å²) in [5, 5.41) is 6.12. The van der Waals surface area contributed by atoms with Crippen molar-refractivity contribution in [3.05, 3.63) is 72.2 Å². The summed E-state index contributed by atoms with van der Waals surface area (Å²) in [6.45, 7) is 2.48. The Morgan fingerprint density at radius 1 is 1.19 bits per heavy atom. The van der Waals surface area contributed by atoms with E-state index in [2.05, 4.69) is 20.5 Å². The molecule has 9 heteroatoms. The van der Waals surface area contributed by atoms with Crippen LogP contribution < -0.4 is 10.2 Å². The normalized spacial score (nSPS) is 11.5. The van der Waals surface area contributed by atoms with Gasteiger partial charge in [-0.05, 0) is 67.2 Å². The zero-order chi connectivity index (χ0) is 21.9. The number of hydrogen-bond acceptors (Lipinski definition) is 7. The molecule has 0 fully saturated rings. The summed E-state index contributed by atoms with van der Waals surface area (Å²) < 4.78 is 16.8. The van der Waals surface area contributed by atoms with Gasteiger partial charge in [-0.2, -0.15) is 5.10 Å². The Labute approximate surface area is 186 Å². The van der Waals surface area contributed by atoms with Crippen molar-refractivity contribution in [1.29, 1.82) is 0 Å². The first-order valence-electron chi connectivity index (χ1n) is 9.90. The monoisotopic (exact) mass is 446 g/mol. The number of H-pyrrole nitrogens is 1. The number of imidazole rings is 1. The maximum absolute atomic E-state index is 12.3. The summed E-state index contributed by atoms with van der Waals surface area (Å²) in [4.78, 5) is 20.1. The van der Waals surface area contributed by atoms with Crippen molar-refractivity contribution in [1.82, 2.24) is 15.4 Å². The number of benzene rings is 2. The summed E-state index contributed by atoms with van der Waals surface area (Å²) in [6.07, 6.45) is 1.43. The molecule has 5 rings (SSSR count). The number of hydrogen-bond donors (Lipinski definition) is 2. The van der Waals surface area contributed by atoms with Gasteiger partial charge in [-0.3, -0.25) is 4.79 Å². The molecule has 0 spiro atoms. The predicted molar refractivity (Wildman–Crippen MR) is 121 cm³/mol. The summed E-state index contributed by atoms with van der Waals surface area (Å²) >= 11 is 1.37. The Morgan fingerprint density at radius 2 is 2.09 bits per heavy atom. The van der Waals surface area contributed by atoms with E-state index in [0.717, 1.165) is 27.3 Å². The number of aromatic nitrogens is 2. The van der Waals surface area contributed by atoms with Gasteiger partial charge in [0.05, 0.1) is 23.9 Å². The van der Waals surface area contributed by atoms with Gasteiger partial charge in [0.25, 0.3) is 0 Å². The average Bonchev–Trinajstić information content (AvgIpc) is 3.51. The molecule has 0 aliphatic carbocycles. The number of carbonyl (C=O) groups is 1. The number of furan rings is 2. The van der Waals surface area contributed by atoms with Gasteiger partial charge >= 0.3 is 5.91 Å². The number of aromatic amines is 1. The van der Waals surface area contributed by atoms with Crippen LogP contribution in [-0.4, -0.2) is 28.7 Å². The highest BCUT2D eigenvalue weighted by molar-refractivity contribution is 7.99. The molecule has 8 nitrogen and oxygen atoms in total. The number of hydrazone groups is 1. The third kappa shape index (κ3) is 4.23. The standard InChI is InChI=1S/C23H18N4O4S/c1-2-29-15-7-9-19-14(11-15)12-20(31-19)22(28)27-24-13-16-8-10-21(30-16)32-23-25-17-5-3-4-6-18(17)26-23/h3-13H,2H2,1H3,(H,25,26)(H,27,28)/b24-13+. The number of carbonyl (C=O) groups excluding carboxylic acids is 1. The van der Waals surface area contributed by atoms with E-state index in [9.17, 15) is 4.79 Å². The van der Waals surface area contributed by atoms with Crippen LogP contribution in [0.15, 0.2) is 84.8 Å². The number of amides is 1. The average molecular weight is 446 g/mol. The maximum atomic E-state index is 12.3. The lowest BCUT2D eigenvalue weighted by atomic mass is 10.2. The maximum Gasteiger partial charge on any atom is 0.307 e. The minimum Gasteiger partial charge on any atom is -0.494 e. The molecule has 0 saturated heterocycles. The van der Waals surface area contributed by atoms with Crippen molar-refractivity contribution in [3.8, 4) is 5.75 Å². The van der Waals surface area contributed by atoms with Crippen LogP contribution in [0.5, 0.6) is 5.75 Å². The smallest absolute Gasteiger partial charge is 0.307 e. The molecule has 0 saturated carbocycles.